The Morgan fingerprint density at radius 2 is 1.87 bits per heavy atom. The predicted octanol–water partition coefficient (Wildman–Crippen LogP) is 1.25. The van der Waals surface area contributed by atoms with Gasteiger partial charge in [0.05, 0.1) is 53.8 Å². The highest BCUT2D eigenvalue weighted by Gasteiger charge is 2.36. The van der Waals surface area contributed by atoms with Gasteiger partial charge in [0.25, 0.3) is 23.2 Å². The number of hydrogen-bond donors (Lipinski definition) is 3. The van der Waals surface area contributed by atoms with Crippen molar-refractivity contribution in [1.29, 1.82) is 0 Å². The van der Waals surface area contributed by atoms with E-state index in [9.17, 15) is 28.4 Å². The molecule has 0 spiro atoms. The number of pyridine rings is 1. The first kappa shape index (κ1) is 35.3. The number of halogens is 1. The number of ether oxygens (including phenoxy) is 1. The standard InChI is InChI=1S/C22H18FN7O3.C10H13N5O4/c23-16-13-25-20(30-7-6-26-27-30)18-17(16)15(12-24-18)19(31)22(33)29-10-8-28(9-11-29)21(32)14-4-2-1-3-5-14;1-5-3-15(10(18)12-9(5)17)8-2-6(13-14-11)7(4-16)19-8/h1-7,12-13,24H,8-11H2;3,6-8,16H,2,4H2,1H3,(H,12,17,18)/t;6-,7+,8+/m.0/s1. The molecule has 0 bridgehead atoms. The lowest BCUT2D eigenvalue weighted by Crippen LogP contribution is -2.52. The number of nitrogens with one attached hydrogen (secondary N) is 2. The Morgan fingerprint density at radius 3 is 2.54 bits per heavy atom. The van der Waals surface area contributed by atoms with Crippen LogP contribution in [-0.2, 0) is 9.53 Å². The zero-order valence-corrected chi connectivity index (χ0v) is 27.5. The van der Waals surface area contributed by atoms with Crippen LogP contribution in [0.1, 0.15) is 38.9 Å². The number of aliphatic hydroxyl groups is 1. The van der Waals surface area contributed by atoms with Gasteiger partial charge in [-0.1, -0.05) is 28.5 Å². The predicted molar refractivity (Wildman–Crippen MR) is 179 cm³/mol. The van der Waals surface area contributed by atoms with Crippen molar-refractivity contribution in [1.82, 2.24) is 44.3 Å². The summed E-state index contributed by atoms with van der Waals surface area (Å²) in [5.41, 5.74) is 8.47. The monoisotopic (exact) mass is 714 g/mol. The summed E-state index contributed by atoms with van der Waals surface area (Å²) < 4.78 is 22.6. The fourth-order valence-corrected chi connectivity index (χ4v) is 5.94. The molecule has 5 aromatic rings. The summed E-state index contributed by atoms with van der Waals surface area (Å²) in [5.74, 6) is -2.19. The van der Waals surface area contributed by atoms with Crippen molar-refractivity contribution in [3.63, 3.8) is 0 Å². The minimum absolute atomic E-state index is 0.0354. The third kappa shape index (κ3) is 7.06. The number of nitrogens with zero attached hydrogens (tertiary/aromatic N) is 10. The number of carbonyl (C=O) groups is 3. The van der Waals surface area contributed by atoms with Gasteiger partial charge < -0.3 is 24.6 Å². The van der Waals surface area contributed by atoms with Gasteiger partial charge in [0.15, 0.2) is 11.6 Å². The van der Waals surface area contributed by atoms with E-state index in [-0.39, 0.29) is 54.3 Å². The molecule has 0 unspecified atom stereocenters. The first-order chi connectivity index (χ1) is 25.1. The van der Waals surface area contributed by atoms with Crippen molar-refractivity contribution in [2.24, 2.45) is 5.11 Å². The number of ketones is 1. The maximum atomic E-state index is 14.6. The number of aryl methyl sites for hydroxylation is 1. The molecular weight excluding hydrogens is 683 g/mol. The number of hydrogen-bond acceptors (Lipinski definition) is 11. The second kappa shape index (κ2) is 15.2. The van der Waals surface area contributed by atoms with Crippen LogP contribution < -0.4 is 11.2 Å². The van der Waals surface area contributed by atoms with Gasteiger partial charge in [0.2, 0.25) is 0 Å². The Morgan fingerprint density at radius 1 is 1.13 bits per heavy atom. The molecule has 0 saturated carbocycles. The molecule has 7 rings (SSSR count). The summed E-state index contributed by atoms with van der Waals surface area (Å²) in [5, 5.41) is 20.2. The average molecular weight is 715 g/mol. The Balaban J connectivity index is 0.000000208. The second-order valence-corrected chi connectivity index (χ2v) is 11.8. The molecule has 0 aliphatic carbocycles. The van der Waals surface area contributed by atoms with Crippen LogP contribution in [0.3, 0.4) is 0 Å². The van der Waals surface area contributed by atoms with Gasteiger partial charge in [-0.15, -0.1) is 5.10 Å². The number of carbonyl (C=O) groups excluding carboxylic acids is 3. The fourth-order valence-electron chi connectivity index (χ4n) is 5.94. The van der Waals surface area contributed by atoms with E-state index in [1.807, 2.05) is 6.07 Å². The van der Waals surface area contributed by atoms with E-state index in [2.05, 4.69) is 35.3 Å². The lowest BCUT2D eigenvalue weighted by atomic mass is 10.1. The first-order valence-electron chi connectivity index (χ1n) is 15.9. The van der Waals surface area contributed by atoms with Crippen LogP contribution in [0.5, 0.6) is 0 Å². The molecule has 0 radical (unpaired) electrons. The van der Waals surface area contributed by atoms with Crippen LogP contribution in [0.4, 0.5) is 4.39 Å². The number of aliphatic hydroxyl groups excluding tert-OH is 1. The largest absolute Gasteiger partial charge is 0.394 e. The van der Waals surface area contributed by atoms with E-state index >= 15 is 0 Å². The van der Waals surface area contributed by atoms with Gasteiger partial charge in [0, 0.05) is 61.0 Å². The van der Waals surface area contributed by atoms with Crippen LogP contribution in [0.15, 0.2) is 76.0 Å². The average Bonchev–Trinajstić information content (AvgIpc) is 3.95. The number of aromatic nitrogens is 7. The number of amides is 2. The van der Waals surface area contributed by atoms with Crippen LogP contribution in [0.2, 0.25) is 0 Å². The number of aromatic amines is 2. The molecule has 2 fully saturated rings. The summed E-state index contributed by atoms with van der Waals surface area (Å²) in [6, 6.07) is 8.33. The van der Waals surface area contributed by atoms with E-state index in [1.54, 1.807) is 36.1 Å². The molecular formula is C32H31FN12O7. The number of Topliss-reactive ketones (excluding diaryl/α,β-unsaturated/α-hetero) is 1. The summed E-state index contributed by atoms with van der Waals surface area (Å²) in [6.45, 7) is 2.28. The maximum Gasteiger partial charge on any atom is 0.330 e. The van der Waals surface area contributed by atoms with Crippen molar-refractivity contribution < 1.29 is 28.6 Å². The zero-order chi connectivity index (χ0) is 36.9. The maximum absolute atomic E-state index is 14.6. The number of benzene rings is 1. The number of fused-ring (bicyclic) bond motifs is 1. The van der Waals surface area contributed by atoms with Crippen molar-refractivity contribution in [2.75, 3.05) is 32.8 Å². The summed E-state index contributed by atoms with van der Waals surface area (Å²) in [7, 11) is 0. The Hall–Kier alpha value is -6.50. The quantitative estimate of drug-likeness (QED) is 0.0715. The fraction of sp³-hybridized carbons (Fsp3) is 0.312. The third-order valence-corrected chi connectivity index (χ3v) is 8.64. The number of H-pyrrole nitrogens is 2. The third-order valence-electron chi connectivity index (χ3n) is 8.64. The minimum Gasteiger partial charge on any atom is -0.394 e. The van der Waals surface area contributed by atoms with E-state index in [1.165, 1.54) is 38.9 Å². The number of azide groups is 1. The van der Waals surface area contributed by atoms with Crippen molar-refractivity contribution in [3.05, 3.63) is 115 Å². The molecule has 3 N–H and O–H groups in total. The molecule has 52 heavy (non-hydrogen) atoms. The van der Waals surface area contributed by atoms with Gasteiger partial charge in [0.1, 0.15) is 6.23 Å². The van der Waals surface area contributed by atoms with Gasteiger partial charge >= 0.3 is 5.69 Å². The number of piperazine rings is 1. The van der Waals surface area contributed by atoms with Crippen LogP contribution in [-0.4, -0.2) is 112 Å². The van der Waals surface area contributed by atoms with Crippen molar-refractivity contribution in [2.45, 2.75) is 31.7 Å². The van der Waals surface area contributed by atoms with E-state index in [0.717, 1.165) is 6.20 Å². The van der Waals surface area contributed by atoms with Crippen LogP contribution in [0.25, 0.3) is 27.2 Å². The molecule has 268 valence electrons. The topological polar surface area (TPSA) is 250 Å². The van der Waals surface area contributed by atoms with Crippen LogP contribution in [0, 0.1) is 12.7 Å². The molecule has 3 atom stereocenters. The summed E-state index contributed by atoms with van der Waals surface area (Å²) in [4.78, 5) is 76.2. The second-order valence-electron chi connectivity index (χ2n) is 11.8. The van der Waals surface area contributed by atoms with Crippen molar-refractivity contribution in [3.8, 4) is 5.82 Å². The Bertz CT molecular complexity index is 2270. The van der Waals surface area contributed by atoms with Gasteiger partial charge in [-0.25, -0.2) is 18.9 Å². The zero-order valence-electron chi connectivity index (χ0n) is 27.5. The van der Waals surface area contributed by atoms with E-state index in [0.29, 0.717) is 24.2 Å². The molecule has 19 nitrogen and oxygen atoms in total. The normalized spacial score (nSPS) is 18.4. The van der Waals surface area contributed by atoms with Crippen molar-refractivity contribution >= 4 is 28.5 Å². The highest BCUT2D eigenvalue weighted by molar-refractivity contribution is 6.45. The molecule has 2 aliphatic rings. The van der Waals surface area contributed by atoms with E-state index in [4.69, 9.17) is 15.4 Å². The van der Waals surface area contributed by atoms with Gasteiger partial charge in [-0.05, 0) is 24.6 Å². The molecule has 6 heterocycles. The van der Waals surface area contributed by atoms with Gasteiger partial charge in [-0.2, -0.15) is 0 Å². The van der Waals surface area contributed by atoms with E-state index < -0.39 is 47.1 Å². The lowest BCUT2D eigenvalue weighted by molar-refractivity contribution is -0.127. The lowest BCUT2D eigenvalue weighted by Gasteiger charge is -2.34. The van der Waals surface area contributed by atoms with Crippen LogP contribution >= 0.6 is 0 Å². The summed E-state index contributed by atoms with van der Waals surface area (Å²) >= 11 is 0. The SMILES string of the molecule is Cc1cn([C@H]2C[C@H](N=[N+]=[N-])[C@@H](CO)O2)c(=O)[nH]c1=O.O=C(C(=O)N1CCN(C(=O)c2ccccc2)CC1)c1c[nH]c2c(-n3ccnn3)ncc(F)c12. The highest BCUT2D eigenvalue weighted by atomic mass is 19.1. The molecule has 2 aliphatic heterocycles. The van der Waals surface area contributed by atoms with Gasteiger partial charge in [-0.3, -0.25) is 28.7 Å². The molecule has 1 aromatic carbocycles. The Kier molecular flexibility index (Phi) is 10.3. The summed E-state index contributed by atoms with van der Waals surface area (Å²) in [6.07, 6.45) is 5.57. The molecule has 4 aromatic heterocycles. The smallest absolute Gasteiger partial charge is 0.330 e. The highest BCUT2D eigenvalue weighted by Crippen LogP contribution is 2.30. The molecule has 2 amide bonds. The first-order valence-corrected chi connectivity index (χ1v) is 15.9. The Labute approximate surface area is 291 Å². The molecule has 2 saturated heterocycles. The number of rotatable bonds is 7. The minimum atomic E-state index is -0.835. The molecule has 20 heteroatoms.